The molecule has 17 heavy (non-hydrogen) atoms. The Morgan fingerprint density at radius 2 is 2.00 bits per heavy atom. The van der Waals surface area contributed by atoms with E-state index in [9.17, 15) is 0 Å². The fourth-order valence-electron chi connectivity index (χ4n) is 3.18. The Bertz CT molecular complexity index is 314. The molecule has 0 radical (unpaired) electrons. The number of amidine groups is 1. The third kappa shape index (κ3) is 2.49. The van der Waals surface area contributed by atoms with Crippen LogP contribution in [0, 0.1) is 10.8 Å². The molecule has 96 valence electrons. The molecule has 0 bridgehead atoms. The molecule has 2 fully saturated rings. The molecule has 0 amide bonds. The highest BCUT2D eigenvalue weighted by atomic mass is 32.2. The van der Waals surface area contributed by atoms with E-state index in [1.54, 1.807) is 0 Å². The summed E-state index contributed by atoms with van der Waals surface area (Å²) in [6, 6.07) is 0. The van der Waals surface area contributed by atoms with Crippen LogP contribution in [0.1, 0.15) is 51.9 Å². The normalized spacial score (nSPS) is 29.1. The van der Waals surface area contributed by atoms with E-state index >= 15 is 0 Å². The molecule has 2 nitrogen and oxygen atoms in total. The van der Waals surface area contributed by atoms with Gasteiger partial charge in [-0.25, -0.2) is 0 Å². The van der Waals surface area contributed by atoms with Crippen LogP contribution < -0.4 is 5.32 Å². The summed E-state index contributed by atoms with van der Waals surface area (Å²) >= 11 is 1.98. The molecule has 0 aromatic heterocycles. The third-order valence-corrected chi connectivity index (χ3v) is 6.36. The standard InChI is InChI=1S/C14H24N2S/c1-2-13(7-8-13)9-15-12-16-10-14(11-17-12)5-3-4-6-14/h2-11H2,1H3,(H,15,16). The first-order valence-electron chi connectivity index (χ1n) is 7.17. The fourth-order valence-corrected chi connectivity index (χ4v) is 4.33. The molecule has 0 aromatic rings. The van der Waals surface area contributed by atoms with Crippen LogP contribution in [0.3, 0.4) is 0 Å². The molecule has 0 aromatic carbocycles. The second kappa shape index (κ2) is 4.49. The molecule has 1 N–H and O–H groups in total. The quantitative estimate of drug-likeness (QED) is 0.832. The van der Waals surface area contributed by atoms with Crippen molar-refractivity contribution in [2.75, 3.05) is 18.8 Å². The number of rotatable bonds is 3. The van der Waals surface area contributed by atoms with Gasteiger partial charge < -0.3 is 5.32 Å². The van der Waals surface area contributed by atoms with E-state index in [0.29, 0.717) is 10.8 Å². The van der Waals surface area contributed by atoms with Crippen LogP contribution in [0.2, 0.25) is 0 Å². The predicted molar refractivity (Wildman–Crippen MR) is 75.6 cm³/mol. The summed E-state index contributed by atoms with van der Waals surface area (Å²) in [5.74, 6) is 1.30. The van der Waals surface area contributed by atoms with E-state index in [1.807, 2.05) is 11.8 Å². The van der Waals surface area contributed by atoms with Crippen LogP contribution >= 0.6 is 11.8 Å². The molecule has 1 heterocycles. The highest BCUT2D eigenvalue weighted by molar-refractivity contribution is 8.13. The highest BCUT2D eigenvalue weighted by Gasteiger charge is 2.41. The van der Waals surface area contributed by atoms with Crippen molar-refractivity contribution in [3.05, 3.63) is 0 Å². The molecule has 3 heteroatoms. The first kappa shape index (κ1) is 11.9. The van der Waals surface area contributed by atoms with E-state index < -0.39 is 0 Å². The maximum atomic E-state index is 4.80. The molecular formula is C14H24N2S. The molecule has 2 aliphatic carbocycles. The van der Waals surface area contributed by atoms with E-state index in [4.69, 9.17) is 4.99 Å². The average Bonchev–Trinajstić information content (AvgIpc) is 3.03. The van der Waals surface area contributed by atoms with Gasteiger partial charge in [-0.15, -0.1) is 0 Å². The Balaban J connectivity index is 1.51. The van der Waals surface area contributed by atoms with Gasteiger partial charge in [-0.2, -0.15) is 0 Å². The molecule has 3 rings (SSSR count). The summed E-state index contributed by atoms with van der Waals surface area (Å²) in [5.41, 5.74) is 1.21. The molecule has 0 atom stereocenters. The zero-order valence-corrected chi connectivity index (χ0v) is 11.7. The van der Waals surface area contributed by atoms with Crippen molar-refractivity contribution in [2.45, 2.75) is 51.9 Å². The van der Waals surface area contributed by atoms with Gasteiger partial charge in [0.1, 0.15) is 0 Å². The molecule has 3 aliphatic rings. The minimum absolute atomic E-state index is 0.581. The summed E-state index contributed by atoms with van der Waals surface area (Å²) in [5, 5.41) is 4.82. The van der Waals surface area contributed by atoms with Crippen molar-refractivity contribution in [2.24, 2.45) is 15.8 Å². The summed E-state index contributed by atoms with van der Waals surface area (Å²) in [7, 11) is 0. The van der Waals surface area contributed by atoms with Crippen LogP contribution in [0.4, 0.5) is 0 Å². The van der Waals surface area contributed by atoms with Gasteiger partial charge >= 0.3 is 0 Å². The second-order valence-corrected chi connectivity index (χ2v) is 7.29. The minimum atomic E-state index is 0.581. The number of nitrogens with one attached hydrogen (secondary N) is 1. The van der Waals surface area contributed by atoms with Crippen molar-refractivity contribution in [1.29, 1.82) is 0 Å². The van der Waals surface area contributed by atoms with Gasteiger partial charge in [0, 0.05) is 18.8 Å². The fraction of sp³-hybridized carbons (Fsp3) is 0.929. The third-order valence-electron chi connectivity index (χ3n) is 5.06. The molecule has 0 saturated heterocycles. The first-order chi connectivity index (χ1) is 8.26. The number of aliphatic imine (C=N–C) groups is 1. The van der Waals surface area contributed by atoms with Gasteiger partial charge in [0.25, 0.3) is 0 Å². The Morgan fingerprint density at radius 1 is 1.24 bits per heavy atom. The Labute approximate surface area is 109 Å². The van der Waals surface area contributed by atoms with Crippen molar-refractivity contribution < 1.29 is 0 Å². The topological polar surface area (TPSA) is 24.4 Å². The largest absolute Gasteiger partial charge is 0.364 e. The number of nitrogens with zero attached hydrogens (tertiary/aromatic N) is 1. The van der Waals surface area contributed by atoms with Gasteiger partial charge in [0.15, 0.2) is 5.17 Å². The summed E-state index contributed by atoms with van der Waals surface area (Å²) in [6.07, 6.45) is 9.83. The lowest BCUT2D eigenvalue weighted by atomic mass is 9.89. The lowest BCUT2D eigenvalue weighted by Crippen LogP contribution is -2.35. The van der Waals surface area contributed by atoms with Crippen LogP contribution in [0.15, 0.2) is 4.99 Å². The lowest BCUT2D eigenvalue weighted by Gasteiger charge is -2.31. The number of hydrogen-bond acceptors (Lipinski definition) is 3. The van der Waals surface area contributed by atoms with Gasteiger partial charge in [-0.1, -0.05) is 31.5 Å². The average molecular weight is 252 g/mol. The van der Waals surface area contributed by atoms with E-state index in [2.05, 4.69) is 12.2 Å². The smallest absolute Gasteiger partial charge is 0.156 e. The molecule has 2 saturated carbocycles. The van der Waals surface area contributed by atoms with Crippen LogP contribution in [0.5, 0.6) is 0 Å². The van der Waals surface area contributed by atoms with Gasteiger partial charge in [-0.3, -0.25) is 4.99 Å². The molecule has 1 aliphatic heterocycles. The van der Waals surface area contributed by atoms with Gasteiger partial charge in [0.2, 0.25) is 0 Å². The lowest BCUT2D eigenvalue weighted by molar-refractivity contribution is 0.358. The van der Waals surface area contributed by atoms with Crippen molar-refractivity contribution in [1.82, 2.24) is 5.32 Å². The van der Waals surface area contributed by atoms with Gasteiger partial charge in [-0.05, 0) is 42.9 Å². The maximum absolute atomic E-state index is 4.80. The Morgan fingerprint density at radius 3 is 2.53 bits per heavy atom. The second-order valence-electron chi connectivity index (χ2n) is 6.32. The summed E-state index contributed by atoms with van der Waals surface area (Å²) < 4.78 is 0. The van der Waals surface area contributed by atoms with Crippen LogP contribution in [-0.2, 0) is 0 Å². The van der Waals surface area contributed by atoms with E-state index in [-0.39, 0.29) is 0 Å². The molecular weight excluding hydrogens is 228 g/mol. The van der Waals surface area contributed by atoms with E-state index in [1.165, 1.54) is 55.9 Å². The van der Waals surface area contributed by atoms with Crippen molar-refractivity contribution >= 4 is 16.9 Å². The summed E-state index contributed by atoms with van der Waals surface area (Å²) in [6.45, 7) is 4.56. The van der Waals surface area contributed by atoms with E-state index in [0.717, 1.165) is 13.1 Å². The summed E-state index contributed by atoms with van der Waals surface area (Å²) in [4.78, 5) is 4.80. The molecule has 1 spiro atoms. The monoisotopic (exact) mass is 252 g/mol. The van der Waals surface area contributed by atoms with Crippen LogP contribution in [0.25, 0.3) is 0 Å². The van der Waals surface area contributed by atoms with Crippen molar-refractivity contribution in [3.63, 3.8) is 0 Å². The highest BCUT2D eigenvalue weighted by Crippen LogP contribution is 2.48. The Kier molecular flexibility index (Phi) is 3.14. The van der Waals surface area contributed by atoms with Crippen molar-refractivity contribution in [3.8, 4) is 0 Å². The van der Waals surface area contributed by atoms with Gasteiger partial charge in [0.05, 0.1) is 0 Å². The SMILES string of the molecule is CCC1(CNC2=NCC3(CCCC3)CS2)CC1. The first-order valence-corrected chi connectivity index (χ1v) is 8.16. The minimum Gasteiger partial charge on any atom is -0.364 e. The maximum Gasteiger partial charge on any atom is 0.156 e. The number of thioether (sulfide) groups is 1. The predicted octanol–water partition coefficient (Wildman–Crippen LogP) is 3.43. The zero-order valence-electron chi connectivity index (χ0n) is 10.9. The zero-order chi connectivity index (χ0) is 11.8. The van der Waals surface area contributed by atoms with Crippen LogP contribution in [-0.4, -0.2) is 24.0 Å². The molecule has 0 unspecified atom stereocenters. The number of hydrogen-bond donors (Lipinski definition) is 1. The Hall–Kier alpha value is -0.180.